The number of nitrogens with zero attached hydrogens (tertiary/aromatic N) is 2. The third-order valence-corrected chi connectivity index (χ3v) is 3.42. The van der Waals surface area contributed by atoms with Gasteiger partial charge < -0.3 is 15.5 Å². The molecule has 2 N–H and O–H groups in total. The Kier molecular flexibility index (Phi) is 9.66. The fourth-order valence-electron chi connectivity index (χ4n) is 1.69. The van der Waals surface area contributed by atoms with E-state index in [0.29, 0.717) is 12.1 Å². The number of hydrogen-bond donors (Lipinski definition) is 2. The van der Waals surface area contributed by atoms with Crippen LogP contribution >= 0.6 is 0 Å². The lowest BCUT2D eigenvalue weighted by Crippen LogP contribution is -2.45. The monoisotopic (exact) mass is 270 g/mol. The van der Waals surface area contributed by atoms with Gasteiger partial charge in [-0.2, -0.15) is 0 Å². The Hall–Kier alpha value is -0.770. The molecule has 0 fully saturated rings. The smallest absolute Gasteiger partial charge is 0.191 e. The average Bonchev–Trinajstić information content (AvgIpc) is 2.34. The zero-order chi connectivity index (χ0) is 14.8. The van der Waals surface area contributed by atoms with Crippen molar-refractivity contribution in [1.29, 1.82) is 0 Å². The topological polar surface area (TPSA) is 39.7 Å². The molecule has 0 aromatic carbocycles. The van der Waals surface area contributed by atoms with Gasteiger partial charge in [0.05, 0.1) is 0 Å². The fourth-order valence-corrected chi connectivity index (χ4v) is 1.69. The van der Waals surface area contributed by atoms with Gasteiger partial charge in [0.25, 0.3) is 0 Å². The van der Waals surface area contributed by atoms with E-state index in [1.807, 2.05) is 7.05 Å². The molecule has 1 unspecified atom stereocenters. The molecule has 0 amide bonds. The molecule has 0 heterocycles. The summed E-state index contributed by atoms with van der Waals surface area (Å²) >= 11 is 0. The van der Waals surface area contributed by atoms with Gasteiger partial charge in [-0.25, -0.2) is 0 Å². The van der Waals surface area contributed by atoms with Crippen LogP contribution in [-0.4, -0.2) is 50.1 Å². The summed E-state index contributed by atoms with van der Waals surface area (Å²) in [6.07, 6.45) is 2.44. The minimum Gasteiger partial charge on any atom is -0.355 e. The maximum atomic E-state index is 4.27. The van der Waals surface area contributed by atoms with E-state index in [2.05, 4.69) is 62.2 Å². The zero-order valence-electron chi connectivity index (χ0n) is 14.0. The second-order valence-electron chi connectivity index (χ2n) is 6.09. The first kappa shape index (κ1) is 18.2. The molecule has 0 saturated carbocycles. The molecule has 0 aromatic rings. The average molecular weight is 270 g/mol. The third kappa shape index (κ3) is 9.77. The maximum absolute atomic E-state index is 4.27. The van der Waals surface area contributed by atoms with Gasteiger partial charge in [-0.15, -0.1) is 0 Å². The van der Waals surface area contributed by atoms with Crippen LogP contribution in [0, 0.1) is 5.92 Å². The molecule has 114 valence electrons. The Morgan fingerprint density at radius 1 is 1.11 bits per heavy atom. The van der Waals surface area contributed by atoms with Crippen molar-refractivity contribution in [2.45, 2.75) is 59.5 Å². The van der Waals surface area contributed by atoms with Crippen LogP contribution in [-0.2, 0) is 0 Å². The maximum Gasteiger partial charge on any atom is 0.191 e. The molecule has 0 rings (SSSR count). The molecule has 1 atom stereocenters. The van der Waals surface area contributed by atoms with Crippen LogP contribution < -0.4 is 10.6 Å². The highest BCUT2D eigenvalue weighted by Crippen LogP contribution is 2.06. The van der Waals surface area contributed by atoms with Gasteiger partial charge in [0.15, 0.2) is 5.96 Å². The van der Waals surface area contributed by atoms with E-state index < -0.39 is 0 Å². The van der Waals surface area contributed by atoms with Crippen LogP contribution in [0.5, 0.6) is 0 Å². The Bertz CT molecular complexity index is 249. The highest BCUT2D eigenvalue weighted by molar-refractivity contribution is 5.79. The van der Waals surface area contributed by atoms with E-state index in [9.17, 15) is 0 Å². The number of guanidine groups is 1. The number of likely N-dealkylation sites (N-methyl/N-ethyl adjacent to an activating group) is 1. The highest BCUT2D eigenvalue weighted by Gasteiger charge is 2.07. The largest absolute Gasteiger partial charge is 0.355 e. The molecule has 0 radical (unpaired) electrons. The van der Waals surface area contributed by atoms with Crippen molar-refractivity contribution < 1.29 is 0 Å². The summed E-state index contributed by atoms with van der Waals surface area (Å²) in [5.74, 6) is 1.67. The lowest BCUT2D eigenvalue weighted by molar-refractivity contribution is 0.278. The van der Waals surface area contributed by atoms with Gasteiger partial charge in [0.2, 0.25) is 0 Å². The Balaban J connectivity index is 3.89. The van der Waals surface area contributed by atoms with Gasteiger partial charge in [0, 0.05) is 32.2 Å². The van der Waals surface area contributed by atoms with Gasteiger partial charge in [-0.05, 0) is 46.6 Å². The van der Waals surface area contributed by atoms with E-state index in [1.54, 1.807) is 0 Å². The first-order chi connectivity index (χ1) is 8.86. The van der Waals surface area contributed by atoms with Gasteiger partial charge in [-0.1, -0.05) is 13.8 Å². The molecule has 4 nitrogen and oxygen atoms in total. The quantitative estimate of drug-likeness (QED) is 0.525. The molecule has 0 saturated heterocycles. The van der Waals surface area contributed by atoms with E-state index in [4.69, 9.17) is 0 Å². The third-order valence-electron chi connectivity index (χ3n) is 3.42. The van der Waals surface area contributed by atoms with Gasteiger partial charge in [0.1, 0.15) is 0 Å². The van der Waals surface area contributed by atoms with E-state index in [1.165, 1.54) is 12.8 Å². The second-order valence-corrected chi connectivity index (χ2v) is 6.09. The first-order valence-corrected chi connectivity index (χ1v) is 7.54. The van der Waals surface area contributed by atoms with Crippen molar-refractivity contribution in [3.8, 4) is 0 Å². The van der Waals surface area contributed by atoms with Crippen LogP contribution in [0.1, 0.15) is 47.5 Å². The van der Waals surface area contributed by atoms with E-state index in [0.717, 1.165) is 25.0 Å². The SMILES string of the molecule is CN=C(NCCN(C)C(C)C)NC(C)CCC(C)C. The Morgan fingerprint density at radius 2 is 1.74 bits per heavy atom. The summed E-state index contributed by atoms with van der Waals surface area (Å²) in [5.41, 5.74) is 0. The molecule has 0 aliphatic rings. The van der Waals surface area contributed by atoms with Crippen molar-refractivity contribution in [1.82, 2.24) is 15.5 Å². The highest BCUT2D eigenvalue weighted by atomic mass is 15.2. The lowest BCUT2D eigenvalue weighted by atomic mass is 10.0. The molecule has 0 aromatic heterocycles. The van der Waals surface area contributed by atoms with Crippen molar-refractivity contribution >= 4 is 5.96 Å². The van der Waals surface area contributed by atoms with Crippen LogP contribution in [0.4, 0.5) is 0 Å². The summed E-state index contributed by atoms with van der Waals surface area (Å²) in [7, 11) is 3.98. The van der Waals surface area contributed by atoms with Crippen molar-refractivity contribution in [2.75, 3.05) is 27.2 Å². The molecule has 19 heavy (non-hydrogen) atoms. The van der Waals surface area contributed by atoms with Crippen LogP contribution in [0.2, 0.25) is 0 Å². The molecule has 0 aliphatic carbocycles. The number of nitrogens with one attached hydrogen (secondary N) is 2. The predicted octanol–water partition coefficient (Wildman–Crippen LogP) is 2.32. The summed E-state index contributed by atoms with van der Waals surface area (Å²) in [6.45, 7) is 13.1. The van der Waals surface area contributed by atoms with Gasteiger partial charge >= 0.3 is 0 Å². The normalized spacial score (nSPS) is 14.3. The lowest BCUT2D eigenvalue weighted by Gasteiger charge is -2.23. The number of hydrogen-bond acceptors (Lipinski definition) is 2. The zero-order valence-corrected chi connectivity index (χ0v) is 14.0. The molecule has 4 heteroatoms. The second kappa shape index (κ2) is 10.1. The summed E-state index contributed by atoms with van der Waals surface area (Å²) in [6, 6.07) is 1.05. The fraction of sp³-hybridized carbons (Fsp3) is 0.933. The van der Waals surface area contributed by atoms with E-state index in [-0.39, 0.29) is 0 Å². The minimum atomic E-state index is 0.469. The van der Waals surface area contributed by atoms with Gasteiger partial charge in [-0.3, -0.25) is 4.99 Å². The summed E-state index contributed by atoms with van der Waals surface area (Å²) in [4.78, 5) is 6.59. The Labute approximate surface area is 120 Å². The van der Waals surface area contributed by atoms with Crippen LogP contribution in [0.25, 0.3) is 0 Å². The first-order valence-electron chi connectivity index (χ1n) is 7.54. The summed E-state index contributed by atoms with van der Waals surface area (Å²) < 4.78 is 0. The molecular weight excluding hydrogens is 236 g/mol. The summed E-state index contributed by atoms with van der Waals surface area (Å²) in [5, 5.41) is 6.82. The molecular formula is C15H34N4. The van der Waals surface area contributed by atoms with Crippen molar-refractivity contribution in [3.05, 3.63) is 0 Å². The van der Waals surface area contributed by atoms with E-state index >= 15 is 0 Å². The number of aliphatic imine (C=N–C) groups is 1. The van der Waals surface area contributed by atoms with Crippen LogP contribution in [0.15, 0.2) is 4.99 Å². The van der Waals surface area contributed by atoms with Crippen molar-refractivity contribution in [2.24, 2.45) is 10.9 Å². The standard InChI is InChI=1S/C15H34N4/c1-12(2)8-9-14(5)18-15(16-6)17-10-11-19(7)13(3)4/h12-14H,8-11H2,1-7H3,(H2,16,17,18). The Morgan fingerprint density at radius 3 is 2.21 bits per heavy atom. The molecule has 0 aliphatic heterocycles. The molecule has 0 bridgehead atoms. The molecule has 0 spiro atoms. The predicted molar refractivity (Wildman–Crippen MR) is 85.8 cm³/mol. The minimum absolute atomic E-state index is 0.469. The number of rotatable bonds is 8. The van der Waals surface area contributed by atoms with Crippen LogP contribution in [0.3, 0.4) is 0 Å². The van der Waals surface area contributed by atoms with Crippen molar-refractivity contribution in [3.63, 3.8) is 0 Å².